The summed E-state index contributed by atoms with van der Waals surface area (Å²) >= 11 is 0. The largest absolute Gasteiger partial charge is 0.337 e. The van der Waals surface area contributed by atoms with Crippen molar-refractivity contribution in [3.8, 4) is 17.5 Å². The van der Waals surface area contributed by atoms with Gasteiger partial charge < -0.3 is 14.4 Å². The normalized spacial score (nSPS) is 13.7. The van der Waals surface area contributed by atoms with Crippen molar-refractivity contribution in [2.24, 2.45) is 0 Å². The van der Waals surface area contributed by atoms with Crippen LogP contribution in [0, 0.1) is 11.3 Å². The van der Waals surface area contributed by atoms with E-state index < -0.39 is 0 Å². The van der Waals surface area contributed by atoms with Crippen molar-refractivity contribution in [1.82, 2.24) is 24.3 Å². The molecular formula is C31H44N6O. The van der Waals surface area contributed by atoms with E-state index in [0.29, 0.717) is 11.3 Å². The van der Waals surface area contributed by atoms with Crippen LogP contribution < -0.4 is 0 Å². The fourth-order valence-corrected chi connectivity index (χ4v) is 5.09. The SMILES string of the molecule is C.CCCCN(CCCC)C(=O)c1ccc2nc(-c3cccc(C#N)c3)n(CCCN3CCCCC3)c2n1. The van der Waals surface area contributed by atoms with Gasteiger partial charge in [0.2, 0.25) is 0 Å². The Balaban J connectivity index is 0.00000400. The highest BCUT2D eigenvalue weighted by atomic mass is 16.2. The molecule has 1 saturated heterocycles. The van der Waals surface area contributed by atoms with Crippen LogP contribution in [0.2, 0.25) is 0 Å². The number of likely N-dealkylation sites (tertiary alicyclic amines) is 1. The number of aryl methyl sites for hydroxylation is 1. The average Bonchev–Trinajstić information content (AvgIpc) is 3.31. The fraction of sp³-hybridized carbons (Fsp3) is 0.548. The first kappa shape index (κ1) is 29.3. The molecule has 0 unspecified atom stereocenters. The van der Waals surface area contributed by atoms with E-state index >= 15 is 0 Å². The third-order valence-electron chi connectivity index (χ3n) is 7.22. The molecule has 0 spiro atoms. The number of piperidine rings is 1. The van der Waals surface area contributed by atoms with E-state index in [-0.39, 0.29) is 13.3 Å². The van der Waals surface area contributed by atoms with Crippen molar-refractivity contribution in [2.45, 2.75) is 79.2 Å². The molecule has 7 nitrogen and oxygen atoms in total. The van der Waals surface area contributed by atoms with Gasteiger partial charge in [0, 0.05) is 25.2 Å². The summed E-state index contributed by atoms with van der Waals surface area (Å²) in [7, 11) is 0. The summed E-state index contributed by atoms with van der Waals surface area (Å²) < 4.78 is 2.15. The third-order valence-corrected chi connectivity index (χ3v) is 7.22. The van der Waals surface area contributed by atoms with E-state index in [1.807, 2.05) is 41.3 Å². The Morgan fingerprint density at radius 1 is 0.974 bits per heavy atom. The van der Waals surface area contributed by atoms with Gasteiger partial charge in [0.1, 0.15) is 17.0 Å². The van der Waals surface area contributed by atoms with Crippen LogP contribution in [0.1, 0.15) is 88.7 Å². The Morgan fingerprint density at radius 2 is 1.71 bits per heavy atom. The Bertz CT molecular complexity index is 1210. The third kappa shape index (κ3) is 7.20. The predicted molar refractivity (Wildman–Crippen MR) is 155 cm³/mol. The molecule has 1 aliphatic rings. The molecular weight excluding hydrogens is 472 g/mol. The number of rotatable bonds is 12. The number of imidazole rings is 1. The van der Waals surface area contributed by atoms with Crippen LogP contribution >= 0.6 is 0 Å². The minimum absolute atomic E-state index is 0. The van der Waals surface area contributed by atoms with Crippen molar-refractivity contribution in [3.63, 3.8) is 0 Å². The van der Waals surface area contributed by atoms with Gasteiger partial charge in [-0.25, -0.2) is 9.97 Å². The topological polar surface area (TPSA) is 78.0 Å². The minimum atomic E-state index is -0.00195. The lowest BCUT2D eigenvalue weighted by Gasteiger charge is -2.26. The molecule has 2 aromatic heterocycles. The standard InChI is InChI=1S/C30H40N6O.CH4/c1-3-5-19-35(20-6-4-2)30(37)27-15-14-26-29(33-27)36(21-11-18-34-16-8-7-9-17-34)28(32-26)25-13-10-12-24(22-25)23-31;/h10,12-15,22H,3-9,11,16-21H2,1-2H3;1H4. The van der Waals surface area contributed by atoms with Crippen molar-refractivity contribution < 1.29 is 4.79 Å². The second-order valence-corrected chi connectivity index (χ2v) is 10.1. The summed E-state index contributed by atoms with van der Waals surface area (Å²) in [6.45, 7) is 9.97. The van der Waals surface area contributed by atoms with Crippen molar-refractivity contribution >= 4 is 17.1 Å². The van der Waals surface area contributed by atoms with Gasteiger partial charge in [-0.3, -0.25) is 4.79 Å². The molecule has 3 heterocycles. The second kappa shape index (κ2) is 14.6. The lowest BCUT2D eigenvalue weighted by Crippen LogP contribution is -2.33. The van der Waals surface area contributed by atoms with Crippen LogP contribution in [0.25, 0.3) is 22.6 Å². The molecule has 7 heteroatoms. The number of hydrogen-bond donors (Lipinski definition) is 0. The minimum Gasteiger partial charge on any atom is -0.337 e. The summed E-state index contributed by atoms with van der Waals surface area (Å²) in [5.41, 5.74) is 3.51. The van der Waals surface area contributed by atoms with Crippen LogP contribution in [0.5, 0.6) is 0 Å². The first-order valence-electron chi connectivity index (χ1n) is 14.0. The Morgan fingerprint density at radius 3 is 2.39 bits per heavy atom. The van der Waals surface area contributed by atoms with Crippen molar-refractivity contribution in [1.29, 1.82) is 5.26 Å². The van der Waals surface area contributed by atoms with Crippen molar-refractivity contribution in [3.05, 3.63) is 47.7 Å². The number of carbonyl (C=O) groups excluding carboxylic acids is 1. The number of fused-ring (bicyclic) bond motifs is 1. The maximum Gasteiger partial charge on any atom is 0.272 e. The van der Waals surface area contributed by atoms with Gasteiger partial charge >= 0.3 is 0 Å². The van der Waals surface area contributed by atoms with Gasteiger partial charge in [0.25, 0.3) is 5.91 Å². The highest BCUT2D eigenvalue weighted by Gasteiger charge is 2.20. The molecule has 204 valence electrons. The molecule has 1 amide bonds. The number of nitrogens with zero attached hydrogens (tertiary/aromatic N) is 6. The second-order valence-electron chi connectivity index (χ2n) is 10.1. The summed E-state index contributed by atoms with van der Waals surface area (Å²) in [5.74, 6) is 0.801. The van der Waals surface area contributed by atoms with Gasteiger partial charge in [0.05, 0.1) is 11.6 Å². The zero-order chi connectivity index (χ0) is 26.0. The smallest absolute Gasteiger partial charge is 0.272 e. The number of carbonyl (C=O) groups is 1. The summed E-state index contributed by atoms with van der Waals surface area (Å²) in [6.07, 6.45) is 8.96. The molecule has 1 fully saturated rings. The van der Waals surface area contributed by atoms with Crippen molar-refractivity contribution in [2.75, 3.05) is 32.7 Å². The van der Waals surface area contributed by atoms with Gasteiger partial charge in [-0.15, -0.1) is 0 Å². The molecule has 1 aliphatic heterocycles. The number of aromatic nitrogens is 3. The lowest BCUT2D eigenvalue weighted by atomic mass is 10.1. The van der Waals surface area contributed by atoms with Crippen LogP contribution in [0.15, 0.2) is 36.4 Å². The summed E-state index contributed by atoms with van der Waals surface area (Å²) in [5, 5.41) is 9.44. The number of pyridine rings is 1. The molecule has 0 N–H and O–H groups in total. The molecule has 0 atom stereocenters. The van der Waals surface area contributed by atoms with E-state index in [4.69, 9.17) is 9.97 Å². The Labute approximate surface area is 228 Å². The molecule has 1 aromatic carbocycles. The van der Waals surface area contributed by atoms with Crippen LogP contribution in [-0.4, -0.2) is 63.0 Å². The maximum absolute atomic E-state index is 13.5. The highest BCUT2D eigenvalue weighted by Crippen LogP contribution is 2.26. The van der Waals surface area contributed by atoms with Crippen LogP contribution in [-0.2, 0) is 6.54 Å². The van der Waals surface area contributed by atoms with Crippen LogP contribution in [0.4, 0.5) is 0 Å². The molecule has 0 bridgehead atoms. The van der Waals surface area contributed by atoms with E-state index in [2.05, 4.69) is 29.4 Å². The number of unbranched alkanes of at least 4 members (excludes halogenated alkanes) is 2. The lowest BCUT2D eigenvalue weighted by molar-refractivity contribution is 0.0745. The maximum atomic E-state index is 13.5. The van der Waals surface area contributed by atoms with Gasteiger partial charge in [-0.05, 0) is 76.0 Å². The zero-order valence-electron chi connectivity index (χ0n) is 22.5. The molecule has 0 saturated carbocycles. The van der Waals surface area contributed by atoms with Gasteiger partial charge in [0.15, 0.2) is 5.65 Å². The predicted octanol–water partition coefficient (Wildman–Crippen LogP) is 6.52. The van der Waals surface area contributed by atoms with Crippen LogP contribution in [0.3, 0.4) is 0 Å². The number of nitriles is 1. The van der Waals surface area contributed by atoms with Gasteiger partial charge in [-0.2, -0.15) is 5.26 Å². The summed E-state index contributed by atoms with van der Waals surface area (Å²) in [6, 6.07) is 13.6. The molecule has 3 aromatic rings. The number of hydrogen-bond acceptors (Lipinski definition) is 5. The van der Waals surface area contributed by atoms with E-state index in [0.717, 1.165) is 80.8 Å². The van der Waals surface area contributed by atoms with Gasteiger partial charge in [-0.1, -0.05) is 52.7 Å². The Hall–Kier alpha value is -3.24. The Kier molecular flexibility index (Phi) is 11.3. The molecule has 0 radical (unpaired) electrons. The number of benzene rings is 1. The highest BCUT2D eigenvalue weighted by molar-refractivity contribution is 5.94. The van der Waals surface area contributed by atoms with E-state index in [1.165, 1.54) is 32.4 Å². The fourth-order valence-electron chi connectivity index (χ4n) is 5.09. The summed E-state index contributed by atoms with van der Waals surface area (Å²) in [4.78, 5) is 27.8. The zero-order valence-corrected chi connectivity index (χ0v) is 22.5. The molecule has 38 heavy (non-hydrogen) atoms. The number of amides is 1. The molecule has 0 aliphatic carbocycles. The quantitative estimate of drug-likeness (QED) is 0.274. The first-order valence-corrected chi connectivity index (χ1v) is 14.0. The van der Waals surface area contributed by atoms with E-state index in [9.17, 15) is 10.1 Å². The van der Waals surface area contributed by atoms with E-state index in [1.54, 1.807) is 0 Å². The first-order chi connectivity index (χ1) is 18.1. The molecule has 4 rings (SSSR count). The monoisotopic (exact) mass is 516 g/mol. The average molecular weight is 517 g/mol.